The Balaban J connectivity index is 1.42. The second-order valence-electron chi connectivity index (χ2n) is 10.2. The lowest BCUT2D eigenvalue weighted by molar-refractivity contribution is -0.384. The molecule has 0 aliphatic heterocycles. The van der Waals surface area contributed by atoms with Crippen LogP contribution in [0.15, 0.2) is 84.9 Å². The van der Waals surface area contributed by atoms with Crippen molar-refractivity contribution < 1.29 is 19.2 Å². The molecule has 39 heavy (non-hydrogen) atoms. The number of nitro groups is 1. The van der Waals surface area contributed by atoms with E-state index in [1.807, 2.05) is 31.2 Å². The molecule has 0 aliphatic rings. The van der Waals surface area contributed by atoms with Crippen molar-refractivity contribution in [2.45, 2.75) is 39.7 Å². The van der Waals surface area contributed by atoms with Crippen molar-refractivity contribution in [2.24, 2.45) is 0 Å². The summed E-state index contributed by atoms with van der Waals surface area (Å²) in [5, 5.41) is 14.8. The molecular weight excluding hydrogens is 516 g/mol. The number of amides is 1. The number of hydrogen-bond donors (Lipinski definition) is 1. The van der Waals surface area contributed by atoms with Gasteiger partial charge < -0.3 is 14.8 Å². The average molecular weight is 545 g/mol. The molecular formula is C31H29ClN2O5. The predicted octanol–water partition coefficient (Wildman–Crippen LogP) is 8.48. The highest BCUT2D eigenvalue weighted by Gasteiger charge is 2.15. The van der Waals surface area contributed by atoms with Gasteiger partial charge in [0.05, 0.1) is 16.7 Å². The number of anilines is 1. The zero-order chi connectivity index (χ0) is 28.2. The molecule has 200 valence electrons. The number of carbonyl (C=O) groups excluding carboxylic acids is 1. The molecule has 4 aromatic rings. The fourth-order valence-corrected chi connectivity index (χ4v) is 3.93. The zero-order valence-corrected chi connectivity index (χ0v) is 22.9. The summed E-state index contributed by atoms with van der Waals surface area (Å²) in [4.78, 5) is 23.8. The molecule has 8 heteroatoms. The van der Waals surface area contributed by atoms with Gasteiger partial charge in [0.2, 0.25) is 0 Å². The van der Waals surface area contributed by atoms with Crippen LogP contribution in [-0.2, 0) is 12.0 Å². The molecule has 0 aliphatic carbocycles. The van der Waals surface area contributed by atoms with Gasteiger partial charge in [-0.05, 0) is 71.5 Å². The summed E-state index contributed by atoms with van der Waals surface area (Å²) in [5.74, 6) is 1.04. The molecule has 0 unspecified atom stereocenters. The first-order valence-electron chi connectivity index (χ1n) is 12.3. The van der Waals surface area contributed by atoms with Gasteiger partial charge in [-0.1, -0.05) is 56.6 Å². The number of ether oxygens (including phenoxy) is 2. The van der Waals surface area contributed by atoms with E-state index in [9.17, 15) is 14.9 Å². The summed E-state index contributed by atoms with van der Waals surface area (Å²) in [7, 11) is 0. The van der Waals surface area contributed by atoms with Crippen LogP contribution >= 0.6 is 11.6 Å². The molecule has 0 radical (unpaired) electrons. The minimum absolute atomic E-state index is 0.0734. The number of aryl methyl sites for hydroxylation is 1. The Hall–Kier alpha value is -4.36. The van der Waals surface area contributed by atoms with Gasteiger partial charge >= 0.3 is 0 Å². The van der Waals surface area contributed by atoms with Crippen LogP contribution in [0, 0.1) is 17.0 Å². The maximum absolute atomic E-state index is 12.9. The van der Waals surface area contributed by atoms with Crippen LogP contribution in [0.1, 0.15) is 47.8 Å². The summed E-state index contributed by atoms with van der Waals surface area (Å²) in [6.07, 6.45) is 0. The van der Waals surface area contributed by atoms with Gasteiger partial charge in [-0.25, -0.2) is 0 Å². The van der Waals surface area contributed by atoms with Crippen molar-refractivity contribution in [3.05, 3.63) is 122 Å². The molecule has 1 N–H and O–H groups in total. The van der Waals surface area contributed by atoms with E-state index in [2.05, 4.69) is 38.2 Å². The highest BCUT2D eigenvalue weighted by Crippen LogP contribution is 2.31. The smallest absolute Gasteiger partial charge is 0.275 e. The van der Waals surface area contributed by atoms with Gasteiger partial charge in [0.25, 0.3) is 11.6 Å². The molecule has 0 saturated carbocycles. The third-order valence-electron chi connectivity index (χ3n) is 6.07. The first-order chi connectivity index (χ1) is 18.5. The summed E-state index contributed by atoms with van der Waals surface area (Å²) in [6.45, 7) is 8.67. The molecule has 0 atom stereocenters. The Morgan fingerprint density at radius 2 is 1.56 bits per heavy atom. The monoisotopic (exact) mass is 544 g/mol. The van der Waals surface area contributed by atoms with Crippen LogP contribution in [0.5, 0.6) is 17.2 Å². The number of hydrogen-bond acceptors (Lipinski definition) is 5. The highest BCUT2D eigenvalue weighted by molar-refractivity contribution is 6.31. The zero-order valence-electron chi connectivity index (χ0n) is 22.2. The van der Waals surface area contributed by atoms with Crippen LogP contribution in [0.25, 0.3) is 0 Å². The fourth-order valence-electron chi connectivity index (χ4n) is 3.81. The maximum Gasteiger partial charge on any atom is 0.275 e. The van der Waals surface area contributed by atoms with Gasteiger partial charge in [-0.15, -0.1) is 0 Å². The minimum Gasteiger partial charge on any atom is -0.489 e. The third kappa shape index (κ3) is 7.36. The van der Waals surface area contributed by atoms with E-state index < -0.39 is 10.8 Å². The van der Waals surface area contributed by atoms with Crippen LogP contribution in [0.4, 0.5) is 11.4 Å². The lowest BCUT2D eigenvalue weighted by Gasteiger charge is -2.19. The Morgan fingerprint density at radius 1 is 0.897 bits per heavy atom. The number of nitrogens with zero attached hydrogens (tertiary/aromatic N) is 1. The Labute approximate surface area is 232 Å². The summed E-state index contributed by atoms with van der Waals surface area (Å²) >= 11 is 6.07. The Morgan fingerprint density at radius 3 is 2.18 bits per heavy atom. The molecule has 7 nitrogen and oxygen atoms in total. The van der Waals surface area contributed by atoms with Crippen molar-refractivity contribution >= 4 is 28.9 Å². The predicted molar refractivity (Wildman–Crippen MR) is 153 cm³/mol. The molecule has 0 bridgehead atoms. The van der Waals surface area contributed by atoms with Gasteiger partial charge in [0, 0.05) is 22.7 Å². The Bertz CT molecular complexity index is 1490. The first kappa shape index (κ1) is 27.7. The van der Waals surface area contributed by atoms with Gasteiger partial charge in [0.1, 0.15) is 23.9 Å². The highest BCUT2D eigenvalue weighted by atomic mass is 35.5. The third-order valence-corrected chi connectivity index (χ3v) is 6.49. The van der Waals surface area contributed by atoms with E-state index in [0.717, 1.165) is 16.9 Å². The molecule has 0 aromatic heterocycles. The molecule has 0 fully saturated rings. The van der Waals surface area contributed by atoms with Crippen LogP contribution in [-0.4, -0.2) is 10.8 Å². The SMILES string of the molecule is Cc1cc(Oc2cc(NC(=O)c3ccc(COc4ccc(C(C)(C)C)cc4)cc3)cc([N+](=O)[O-])c2)ccc1Cl. The van der Waals surface area contributed by atoms with E-state index in [1.54, 1.807) is 30.3 Å². The average Bonchev–Trinajstić information content (AvgIpc) is 2.89. The van der Waals surface area contributed by atoms with E-state index in [4.69, 9.17) is 21.1 Å². The maximum atomic E-state index is 12.9. The lowest BCUT2D eigenvalue weighted by atomic mass is 9.87. The first-order valence-corrected chi connectivity index (χ1v) is 12.7. The van der Waals surface area contributed by atoms with Crippen molar-refractivity contribution in [3.63, 3.8) is 0 Å². The van der Waals surface area contributed by atoms with Crippen molar-refractivity contribution in [2.75, 3.05) is 5.32 Å². The van der Waals surface area contributed by atoms with Gasteiger partial charge in [-0.3, -0.25) is 14.9 Å². The van der Waals surface area contributed by atoms with Crippen LogP contribution in [0.3, 0.4) is 0 Å². The molecule has 4 rings (SSSR count). The van der Waals surface area contributed by atoms with Crippen molar-refractivity contribution in [1.82, 2.24) is 0 Å². The second-order valence-corrected chi connectivity index (χ2v) is 10.6. The number of benzene rings is 4. The van der Waals surface area contributed by atoms with E-state index in [1.165, 1.54) is 23.8 Å². The number of non-ortho nitro benzene ring substituents is 1. The standard InChI is InChI=1S/C31H29ClN2O5/c1-20-15-27(13-14-29(20)32)39-28-17-24(16-25(18-28)34(36)37)33-30(35)22-7-5-21(6-8-22)19-38-26-11-9-23(10-12-26)31(2,3)4/h5-18H,19H2,1-4H3,(H,33,35). The minimum atomic E-state index is -0.541. The second kappa shape index (κ2) is 11.6. The molecule has 4 aromatic carbocycles. The van der Waals surface area contributed by atoms with E-state index in [0.29, 0.717) is 22.9 Å². The van der Waals surface area contributed by atoms with Gasteiger partial charge in [-0.2, -0.15) is 0 Å². The van der Waals surface area contributed by atoms with Crippen molar-refractivity contribution in [1.29, 1.82) is 0 Å². The fraction of sp³-hybridized carbons (Fsp3) is 0.194. The lowest BCUT2D eigenvalue weighted by Crippen LogP contribution is -2.12. The van der Waals surface area contributed by atoms with E-state index in [-0.39, 0.29) is 22.5 Å². The summed E-state index contributed by atoms with van der Waals surface area (Å²) < 4.78 is 11.7. The molecule has 0 saturated heterocycles. The summed E-state index contributed by atoms with van der Waals surface area (Å²) in [5.41, 5.74) is 3.43. The number of nitrogens with one attached hydrogen (secondary N) is 1. The van der Waals surface area contributed by atoms with E-state index >= 15 is 0 Å². The normalized spacial score (nSPS) is 11.1. The number of carbonyl (C=O) groups is 1. The van der Waals surface area contributed by atoms with Crippen molar-refractivity contribution in [3.8, 4) is 17.2 Å². The number of rotatable bonds is 8. The summed E-state index contributed by atoms with van der Waals surface area (Å²) in [6, 6.07) is 24.2. The molecule has 1 amide bonds. The number of halogens is 1. The Kier molecular flexibility index (Phi) is 8.21. The quantitative estimate of drug-likeness (QED) is 0.177. The topological polar surface area (TPSA) is 90.7 Å². The largest absolute Gasteiger partial charge is 0.489 e. The molecule has 0 spiro atoms. The van der Waals surface area contributed by atoms with Gasteiger partial charge in [0.15, 0.2) is 0 Å². The van der Waals surface area contributed by atoms with Crippen LogP contribution in [0.2, 0.25) is 5.02 Å². The van der Waals surface area contributed by atoms with Crippen LogP contribution < -0.4 is 14.8 Å². The number of nitro benzene ring substituents is 1. The molecule has 0 heterocycles.